The van der Waals surface area contributed by atoms with Gasteiger partial charge in [0, 0.05) is 0 Å². The van der Waals surface area contributed by atoms with Gasteiger partial charge in [-0.1, -0.05) is 11.6 Å². The maximum absolute atomic E-state index is 12.1. The van der Waals surface area contributed by atoms with Crippen LogP contribution in [0.1, 0.15) is 5.56 Å². The summed E-state index contributed by atoms with van der Waals surface area (Å²) in [6, 6.07) is 3.35. The minimum Gasteiger partial charge on any atom is -0.374 e. The van der Waals surface area contributed by atoms with Gasteiger partial charge in [0.2, 0.25) is 0 Å². The van der Waals surface area contributed by atoms with Crippen LogP contribution in [-0.2, 0) is 10.1 Å². The lowest BCUT2D eigenvalue weighted by atomic mass is 10.2. The van der Waals surface area contributed by atoms with Gasteiger partial charge in [-0.25, -0.2) is 0 Å². The molecule has 2 N–H and O–H groups in total. The average Bonchev–Trinajstić information content (AvgIpc) is 2.21. The van der Waals surface area contributed by atoms with Gasteiger partial charge in [-0.3, -0.25) is 0 Å². The van der Waals surface area contributed by atoms with E-state index in [0.29, 0.717) is 5.56 Å². The Morgan fingerprint density at radius 2 is 2.00 bits per heavy atom. The fourth-order valence-corrected chi connectivity index (χ4v) is 1.67. The minimum absolute atomic E-state index is 0.319. The molecule has 0 bridgehead atoms. The zero-order valence-electron chi connectivity index (χ0n) is 8.48. The van der Waals surface area contributed by atoms with Gasteiger partial charge in [-0.15, -0.1) is 0 Å². The maximum atomic E-state index is 12.1. The summed E-state index contributed by atoms with van der Waals surface area (Å²) in [5.74, 6) is 4.22. The number of rotatable bonds is 3. The number of nitrogens with two attached hydrogens (primary N) is 1. The lowest BCUT2D eigenvalue weighted by Gasteiger charge is -2.10. The molecule has 0 aliphatic carbocycles. The Kier molecular flexibility index (Phi) is 4.07. The molecule has 1 aromatic rings. The van der Waals surface area contributed by atoms with Crippen LogP contribution in [0, 0.1) is 0 Å². The van der Waals surface area contributed by atoms with Crippen molar-refractivity contribution >= 4 is 27.9 Å². The minimum atomic E-state index is -5.74. The molecule has 0 aromatic heterocycles. The molecule has 1 aromatic carbocycles. The quantitative estimate of drug-likeness (QED) is 0.304. The smallest absolute Gasteiger partial charge is 0.374 e. The highest BCUT2D eigenvalue weighted by atomic mass is 35.5. The number of alkyl halides is 3. The second kappa shape index (κ2) is 5.02. The first-order valence-corrected chi connectivity index (χ1v) is 5.99. The number of hydrogen-bond acceptors (Lipinski definition) is 5. The summed E-state index contributed by atoms with van der Waals surface area (Å²) in [5, 5.41) is 2.85. The first-order valence-electron chi connectivity index (χ1n) is 4.21. The van der Waals surface area contributed by atoms with Crippen LogP contribution in [0.3, 0.4) is 0 Å². The normalized spacial score (nSPS) is 12.9. The van der Waals surface area contributed by atoms with E-state index in [4.69, 9.17) is 17.4 Å². The second-order valence-corrected chi connectivity index (χ2v) is 4.90. The topological polar surface area (TPSA) is 81.8 Å². The lowest BCUT2D eigenvalue weighted by molar-refractivity contribution is -0.0500. The summed E-state index contributed by atoms with van der Waals surface area (Å²) >= 11 is 5.56. The molecule has 0 amide bonds. The van der Waals surface area contributed by atoms with Crippen molar-refractivity contribution in [3.8, 4) is 5.75 Å². The lowest BCUT2D eigenvalue weighted by Crippen LogP contribution is -2.28. The summed E-state index contributed by atoms with van der Waals surface area (Å²) in [7, 11) is -5.74. The van der Waals surface area contributed by atoms with Crippen LogP contribution < -0.4 is 10.0 Å². The molecular weight excluding hydrogens is 297 g/mol. The van der Waals surface area contributed by atoms with Crippen LogP contribution in [-0.4, -0.2) is 20.1 Å². The molecule has 10 heteroatoms. The van der Waals surface area contributed by atoms with Gasteiger partial charge in [0.1, 0.15) is 0 Å². The molecular formula is C8H6ClF3N2O3S. The molecule has 0 unspecified atom stereocenters. The van der Waals surface area contributed by atoms with E-state index in [-0.39, 0.29) is 5.02 Å². The second-order valence-electron chi connectivity index (χ2n) is 2.95. The number of hydrazone groups is 1. The molecule has 100 valence electrons. The summed E-state index contributed by atoms with van der Waals surface area (Å²) in [6.45, 7) is 0. The number of nitrogens with zero attached hydrogens (tertiary/aromatic N) is 1. The number of benzene rings is 1. The van der Waals surface area contributed by atoms with Gasteiger partial charge in [0.25, 0.3) is 0 Å². The fourth-order valence-electron chi connectivity index (χ4n) is 0.916. The molecule has 0 saturated heterocycles. The van der Waals surface area contributed by atoms with Crippen LogP contribution >= 0.6 is 11.6 Å². The highest BCUT2D eigenvalue weighted by Crippen LogP contribution is 2.31. The molecule has 0 radical (unpaired) electrons. The Morgan fingerprint density at radius 1 is 1.39 bits per heavy atom. The Bertz CT molecular complexity index is 571. The highest BCUT2D eigenvalue weighted by Gasteiger charge is 2.48. The summed E-state index contributed by atoms with van der Waals surface area (Å²) in [6.07, 6.45) is 1.17. The fraction of sp³-hybridized carbons (Fsp3) is 0.125. The number of hydrogen-bond donors (Lipinski definition) is 1. The molecule has 0 aliphatic heterocycles. The van der Waals surface area contributed by atoms with Crippen LogP contribution in [0.5, 0.6) is 5.75 Å². The monoisotopic (exact) mass is 302 g/mol. The van der Waals surface area contributed by atoms with Gasteiger partial charge in [-0.05, 0) is 23.8 Å². The van der Waals surface area contributed by atoms with Crippen molar-refractivity contribution < 1.29 is 25.8 Å². The predicted octanol–water partition coefficient (Wildman–Crippen LogP) is 1.86. The molecule has 18 heavy (non-hydrogen) atoms. The average molecular weight is 303 g/mol. The standard InChI is InChI=1S/C8H6ClF3N2O3S/c9-6-3-5(4-14-13)1-2-7(6)17-18(15,16)8(10,11)12/h1-4H,13H2. The predicted molar refractivity (Wildman–Crippen MR) is 58.8 cm³/mol. The molecule has 0 heterocycles. The Labute approximate surface area is 105 Å². The molecule has 1 rings (SSSR count). The summed E-state index contributed by atoms with van der Waals surface area (Å²) < 4.78 is 61.5. The van der Waals surface area contributed by atoms with Crippen molar-refractivity contribution in [2.24, 2.45) is 10.9 Å². The molecule has 0 saturated carbocycles. The first kappa shape index (κ1) is 14.6. The van der Waals surface area contributed by atoms with E-state index in [2.05, 4.69) is 9.28 Å². The molecule has 0 spiro atoms. The van der Waals surface area contributed by atoms with E-state index in [1.165, 1.54) is 12.3 Å². The zero-order chi connectivity index (χ0) is 14.0. The van der Waals surface area contributed by atoms with Gasteiger partial charge in [0.15, 0.2) is 5.75 Å². The van der Waals surface area contributed by atoms with Crippen molar-refractivity contribution in [1.82, 2.24) is 0 Å². The third-order valence-corrected chi connectivity index (χ3v) is 2.92. The Hall–Kier alpha value is -1.48. The largest absolute Gasteiger partial charge is 0.534 e. The van der Waals surface area contributed by atoms with E-state index in [1.54, 1.807) is 0 Å². The first-order chi connectivity index (χ1) is 8.17. The molecule has 0 fully saturated rings. The highest BCUT2D eigenvalue weighted by molar-refractivity contribution is 7.88. The van der Waals surface area contributed by atoms with Gasteiger partial charge in [-0.2, -0.15) is 26.7 Å². The van der Waals surface area contributed by atoms with Gasteiger partial charge < -0.3 is 10.0 Å². The van der Waals surface area contributed by atoms with E-state index in [0.717, 1.165) is 12.1 Å². The SMILES string of the molecule is NN=Cc1ccc(OS(=O)(=O)C(F)(F)F)c(Cl)c1. The number of halogens is 4. The van der Waals surface area contributed by atoms with Crippen molar-refractivity contribution in [2.45, 2.75) is 5.51 Å². The van der Waals surface area contributed by atoms with Crippen LogP contribution in [0.25, 0.3) is 0 Å². The molecule has 5 nitrogen and oxygen atoms in total. The van der Waals surface area contributed by atoms with Crippen LogP contribution in [0.2, 0.25) is 5.02 Å². The van der Waals surface area contributed by atoms with Gasteiger partial charge in [0.05, 0.1) is 11.2 Å². The third kappa shape index (κ3) is 3.26. The van der Waals surface area contributed by atoms with E-state index in [9.17, 15) is 21.6 Å². The zero-order valence-corrected chi connectivity index (χ0v) is 10.1. The van der Waals surface area contributed by atoms with E-state index < -0.39 is 21.4 Å². The maximum Gasteiger partial charge on any atom is 0.534 e. The van der Waals surface area contributed by atoms with Crippen molar-refractivity contribution in [2.75, 3.05) is 0 Å². The van der Waals surface area contributed by atoms with Crippen LogP contribution in [0.15, 0.2) is 23.3 Å². The third-order valence-electron chi connectivity index (χ3n) is 1.66. The summed E-state index contributed by atoms with van der Waals surface area (Å²) in [5.41, 5.74) is -5.15. The van der Waals surface area contributed by atoms with E-state index >= 15 is 0 Å². The van der Waals surface area contributed by atoms with Crippen LogP contribution in [0.4, 0.5) is 13.2 Å². The molecule has 0 aliphatic rings. The summed E-state index contributed by atoms with van der Waals surface area (Å²) in [4.78, 5) is 0. The Balaban J connectivity index is 3.07. The van der Waals surface area contributed by atoms with E-state index in [1.807, 2.05) is 0 Å². The van der Waals surface area contributed by atoms with Crippen molar-refractivity contribution in [3.05, 3.63) is 28.8 Å². The van der Waals surface area contributed by atoms with Gasteiger partial charge >= 0.3 is 15.6 Å². The van der Waals surface area contributed by atoms with Crippen molar-refractivity contribution in [3.63, 3.8) is 0 Å². The Morgan fingerprint density at radius 3 is 2.44 bits per heavy atom. The molecule has 0 atom stereocenters. The van der Waals surface area contributed by atoms with Crippen molar-refractivity contribution in [1.29, 1.82) is 0 Å².